The van der Waals surface area contributed by atoms with Gasteiger partial charge in [0.05, 0.1) is 14.3 Å². The summed E-state index contributed by atoms with van der Waals surface area (Å²) >= 11 is 15.7. The van der Waals surface area contributed by atoms with Crippen molar-refractivity contribution in [3.05, 3.63) is 102 Å². The number of ether oxygens (including phenoxy) is 2. The van der Waals surface area contributed by atoms with Crippen molar-refractivity contribution in [2.45, 2.75) is 38.8 Å². The first-order valence-electron chi connectivity index (χ1n) is 13.5. The molecule has 2 unspecified atom stereocenters. The van der Waals surface area contributed by atoms with Crippen LogP contribution in [-0.2, 0) is 22.4 Å². The molecular formula is C32H27I7N2O6. The Kier molecular flexibility index (Phi) is 17.2. The first-order valence-corrected chi connectivity index (χ1v) is 21.0. The molecular weight excluding hydrogens is 1400 g/mol. The largest absolute Gasteiger partial charge is 0.480 e. The monoisotopic (exact) mass is 1420 g/mol. The fraction of sp³-hybridized carbons (Fsp3) is 0.188. The predicted octanol–water partition coefficient (Wildman–Crippen LogP) is 9.72. The molecule has 0 aliphatic rings. The van der Waals surface area contributed by atoms with Gasteiger partial charge < -0.3 is 31.2 Å². The zero-order valence-electron chi connectivity index (χ0n) is 24.6. The van der Waals surface area contributed by atoms with Crippen LogP contribution in [0.15, 0.2) is 54.6 Å². The summed E-state index contributed by atoms with van der Waals surface area (Å²) in [5.41, 5.74) is 15.5. The Hall–Kier alpha value is 0.450. The summed E-state index contributed by atoms with van der Waals surface area (Å²) in [6.07, 6.45) is 0.589. The van der Waals surface area contributed by atoms with Gasteiger partial charge in [0, 0.05) is 10.7 Å². The van der Waals surface area contributed by atoms with Crippen LogP contribution in [0.1, 0.15) is 22.3 Å². The first-order chi connectivity index (χ1) is 22.0. The van der Waals surface area contributed by atoms with Crippen LogP contribution in [0.25, 0.3) is 0 Å². The van der Waals surface area contributed by atoms with Crippen molar-refractivity contribution in [2.24, 2.45) is 11.5 Å². The molecule has 0 saturated carbocycles. The van der Waals surface area contributed by atoms with Gasteiger partial charge in [0.2, 0.25) is 0 Å². The molecule has 0 saturated heterocycles. The highest BCUT2D eigenvalue weighted by atomic mass is 127. The van der Waals surface area contributed by atoms with E-state index in [9.17, 15) is 9.59 Å². The Morgan fingerprint density at radius 3 is 1.32 bits per heavy atom. The molecule has 6 N–H and O–H groups in total. The van der Waals surface area contributed by atoms with Crippen LogP contribution in [0.5, 0.6) is 23.0 Å². The van der Waals surface area contributed by atoms with Gasteiger partial charge in [-0.05, 0) is 256 Å². The Bertz CT molecular complexity index is 1740. The van der Waals surface area contributed by atoms with Crippen molar-refractivity contribution in [1.29, 1.82) is 0 Å². The van der Waals surface area contributed by atoms with Crippen LogP contribution in [0.4, 0.5) is 0 Å². The molecule has 15 heteroatoms. The number of aryl methyl sites for hydroxylation is 1. The second-order valence-corrected chi connectivity index (χ2v) is 18.3. The molecule has 0 heterocycles. The van der Waals surface area contributed by atoms with E-state index in [4.69, 9.17) is 31.2 Å². The molecule has 0 fully saturated rings. The van der Waals surface area contributed by atoms with E-state index in [1.807, 2.05) is 54.6 Å². The minimum Gasteiger partial charge on any atom is -0.480 e. The molecule has 0 amide bonds. The van der Waals surface area contributed by atoms with E-state index in [0.717, 1.165) is 59.1 Å². The Morgan fingerprint density at radius 1 is 0.596 bits per heavy atom. The van der Waals surface area contributed by atoms with E-state index < -0.39 is 24.0 Å². The number of carbonyl (C=O) groups is 2. The Morgan fingerprint density at radius 2 is 0.957 bits per heavy atom. The van der Waals surface area contributed by atoms with Gasteiger partial charge in [-0.1, -0.05) is 6.07 Å². The van der Waals surface area contributed by atoms with Crippen LogP contribution in [0.3, 0.4) is 0 Å². The number of benzene rings is 4. The average Bonchev–Trinajstić information content (AvgIpc) is 2.97. The zero-order valence-corrected chi connectivity index (χ0v) is 39.7. The van der Waals surface area contributed by atoms with Crippen LogP contribution in [0, 0.1) is 38.8 Å². The predicted molar refractivity (Wildman–Crippen MR) is 243 cm³/mol. The second-order valence-electron chi connectivity index (χ2n) is 10.2. The molecule has 4 rings (SSSR count). The SMILES string of the molecule is Cc1c(I)cc(Oc2c(I)cc(CC(N)C(=O)O)cc2I)cc1I.Cc1ccc(Oc2c(I)cc(CC(N)C(=O)O)cc2I)cc1I. The van der Waals surface area contributed by atoms with E-state index >= 15 is 0 Å². The van der Waals surface area contributed by atoms with Gasteiger partial charge in [0.25, 0.3) is 0 Å². The molecule has 8 nitrogen and oxygen atoms in total. The Balaban J connectivity index is 0.000000256. The summed E-state index contributed by atoms with van der Waals surface area (Å²) in [7, 11) is 0. The van der Waals surface area contributed by atoms with Gasteiger partial charge in [-0.3, -0.25) is 9.59 Å². The average molecular weight is 1420 g/mol. The number of carboxylic acids is 2. The molecule has 0 spiro atoms. The summed E-state index contributed by atoms with van der Waals surface area (Å²) in [4.78, 5) is 21.8. The molecule has 4 aromatic carbocycles. The normalized spacial score (nSPS) is 12.1. The summed E-state index contributed by atoms with van der Waals surface area (Å²) in [6, 6.07) is 15.9. The molecule has 0 aliphatic carbocycles. The minimum absolute atomic E-state index is 0.294. The second kappa shape index (κ2) is 19.3. The summed E-state index contributed by atoms with van der Waals surface area (Å²) < 4.78 is 19.3. The van der Waals surface area contributed by atoms with Crippen LogP contribution in [0.2, 0.25) is 0 Å². The van der Waals surface area contributed by atoms with E-state index in [1.54, 1.807) is 0 Å². The summed E-state index contributed by atoms with van der Waals surface area (Å²) in [5, 5.41) is 17.9. The smallest absolute Gasteiger partial charge is 0.320 e. The van der Waals surface area contributed by atoms with Crippen LogP contribution in [-0.4, -0.2) is 34.2 Å². The molecule has 4 aromatic rings. The maximum Gasteiger partial charge on any atom is 0.320 e. The molecule has 47 heavy (non-hydrogen) atoms. The molecule has 0 aromatic heterocycles. The van der Waals surface area contributed by atoms with E-state index in [0.29, 0.717) is 12.8 Å². The van der Waals surface area contributed by atoms with Crippen molar-refractivity contribution >= 4 is 170 Å². The van der Waals surface area contributed by atoms with Crippen LogP contribution < -0.4 is 20.9 Å². The van der Waals surface area contributed by atoms with Gasteiger partial charge >= 0.3 is 11.9 Å². The molecule has 0 aliphatic heterocycles. The minimum atomic E-state index is -0.996. The summed E-state index contributed by atoms with van der Waals surface area (Å²) in [5.74, 6) is 1.14. The molecule has 0 bridgehead atoms. The highest BCUT2D eigenvalue weighted by Gasteiger charge is 2.18. The standard InChI is InChI=1S/C16H13I4NO3.C16H14I3NO3/c1-7-10(17)5-9(6-11(7)18)24-15-12(19)2-8(3-13(15)20)4-14(21)16(22)23;1-8-2-3-10(7-11(8)17)23-15-12(18)4-9(5-13(15)19)6-14(20)16(21)22/h2-3,5-6,14H,4,21H2,1H3,(H,22,23);2-5,7,14H,6,20H2,1H3,(H,21,22). The summed E-state index contributed by atoms with van der Waals surface area (Å²) in [6.45, 7) is 4.14. The van der Waals surface area contributed by atoms with Crippen molar-refractivity contribution in [2.75, 3.05) is 0 Å². The number of carboxylic acid groups (broad SMARTS) is 2. The van der Waals surface area contributed by atoms with Crippen molar-refractivity contribution in [1.82, 2.24) is 0 Å². The lowest BCUT2D eigenvalue weighted by atomic mass is 10.1. The number of aliphatic carboxylic acids is 2. The van der Waals surface area contributed by atoms with Crippen molar-refractivity contribution in [3.63, 3.8) is 0 Å². The van der Waals surface area contributed by atoms with Gasteiger partial charge in [-0.2, -0.15) is 0 Å². The quantitative estimate of drug-likeness (QED) is 0.115. The fourth-order valence-electron chi connectivity index (χ4n) is 3.89. The topological polar surface area (TPSA) is 145 Å². The lowest BCUT2D eigenvalue weighted by molar-refractivity contribution is -0.139. The van der Waals surface area contributed by atoms with E-state index in [-0.39, 0.29) is 0 Å². The number of rotatable bonds is 10. The number of hydrogen-bond donors (Lipinski definition) is 4. The van der Waals surface area contributed by atoms with Gasteiger partial charge in [-0.15, -0.1) is 0 Å². The van der Waals surface area contributed by atoms with E-state index in [2.05, 4.69) is 172 Å². The molecule has 2 atom stereocenters. The van der Waals surface area contributed by atoms with Gasteiger partial charge in [0.15, 0.2) is 11.5 Å². The number of nitrogens with two attached hydrogens (primary N) is 2. The maximum atomic E-state index is 10.9. The highest BCUT2D eigenvalue weighted by Crippen LogP contribution is 2.36. The van der Waals surface area contributed by atoms with Crippen molar-refractivity contribution in [3.8, 4) is 23.0 Å². The van der Waals surface area contributed by atoms with Crippen LogP contribution >= 0.6 is 158 Å². The zero-order chi connectivity index (χ0) is 35.2. The fourth-order valence-corrected chi connectivity index (χ4v) is 10.3. The van der Waals surface area contributed by atoms with Gasteiger partial charge in [0.1, 0.15) is 23.6 Å². The first kappa shape index (κ1) is 41.9. The molecule has 0 radical (unpaired) electrons. The lowest BCUT2D eigenvalue weighted by Crippen LogP contribution is -2.32. The van der Waals surface area contributed by atoms with Crippen molar-refractivity contribution < 1.29 is 29.3 Å². The highest BCUT2D eigenvalue weighted by molar-refractivity contribution is 14.1. The third-order valence-corrected chi connectivity index (χ3v) is 13.1. The third-order valence-electron chi connectivity index (χ3n) is 6.50. The van der Waals surface area contributed by atoms with Gasteiger partial charge in [-0.25, -0.2) is 0 Å². The Labute approximate surface area is 368 Å². The third kappa shape index (κ3) is 12.6. The van der Waals surface area contributed by atoms with E-state index in [1.165, 1.54) is 11.1 Å². The lowest BCUT2D eigenvalue weighted by Gasteiger charge is -2.14. The molecule has 250 valence electrons. The maximum absolute atomic E-state index is 10.9. The number of halogens is 7. The number of hydrogen-bond acceptors (Lipinski definition) is 6.